The molecule has 0 aliphatic carbocycles. The summed E-state index contributed by atoms with van der Waals surface area (Å²) < 4.78 is 0. The van der Waals surface area contributed by atoms with Crippen molar-refractivity contribution in [3.05, 3.63) is 22.6 Å². The molecule has 0 unspecified atom stereocenters. The lowest BCUT2D eigenvalue weighted by atomic mass is 10.5. The van der Waals surface area contributed by atoms with Gasteiger partial charge in [0, 0.05) is 6.54 Å². The Kier molecular flexibility index (Phi) is 2.52. The highest BCUT2D eigenvalue weighted by Crippen LogP contribution is 2.17. The van der Waals surface area contributed by atoms with Gasteiger partial charge in [0.05, 0.1) is 4.92 Å². The molecule has 0 spiro atoms. The molecule has 0 radical (unpaired) electrons. The van der Waals surface area contributed by atoms with E-state index in [2.05, 4.69) is 15.3 Å². The van der Waals surface area contributed by atoms with E-state index in [4.69, 9.17) is 0 Å². The van der Waals surface area contributed by atoms with Gasteiger partial charge in [-0.25, -0.2) is 9.97 Å². The average molecular weight is 168 g/mol. The predicted molar refractivity (Wildman–Crippen MR) is 42.9 cm³/mol. The second-order valence-electron chi connectivity index (χ2n) is 2.04. The smallest absolute Gasteiger partial charge is 0.329 e. The topological polar surface area (TPSA) is 81.0 Å². The summed E-state index contributed by atoms with van der Waals surface area (Å²) in [4.78, 5) is 17.1. The van der Waals surface area contributed by atoms with Crippen LogP contribution in [0.5, 0.6) is 0 Å². The molecule has 0 saturated heterocycles. The van der Waals surface area contributed by atoms with E-state index in [0.717, 1.165) is 0 Å². The van der Waals surface area contributed by atoms with E-state index in [1.54, 1.807) is 0 Å². The Bertz CT molecular complexity index is 289. The quantitative estimate of drug-likeness (QED) is 0.533. The number of nitrogens with zero attached hydrogens (tertiary/aromatic N) is 3. The lowest BCUT2D eigenvalue weighted by molar-refractivity contribution is -0.384. The minimum absolute atomic E-state index is 0.0978. The van der Waals surface area contributed by atoms with Crippen LogP contribution in [-0.2, 0) is 0 Å². The molecule has 1 heterocycles. The summed E-state index contributed by atoms with van der Waals surface area (Å²) in [6.45, 7) is 2.43. The SMILES string of the molecule is CCNc1ncncc1[N+](=O)[O-]. The minimum atomic E-state index is -0.516. The molecule has 0 amide bonds. The molecule has 12 heavy (non-hydrogen) atoms. The van der Waals surface area contributed by atoms with Gasteiger partial charge in [-0.2, -0.15) is 0 Å². The summed E-state index contributed by atoms with van der Waals surface area (Å²) in [7, 11) is 0. The van der Waals surface area contributed by atoms with Crippen molar-refractivity contribution in [1.29, 1.82) is 0 Å². The van der Waals surface area contributed by atoms with Crippen LogP contribution in [0.15, 0.2) is 12.5 Å². The summed E-state index contributed by atoms with van der Waals surface area (Å²) >= 11 is 0. The van der Waals surface area contributed by atoms with E-state index >= 15 is 0 Å². The molecule has 0 aliphatic rings. The molecule has 0 aromatic carbocycles. The first-order valence-corrected chi connectivity index (χ1v) is 3.44. The average Bonchev–Trinajstić information content (AvgIpc) is 2.05. The molecule has 6 heteroatoms. The van der Waals surface area contributed by atoms with Gasteiger partial charge in [0.15, 0.2) is 0 Å². The van der Waals surface area contributed by atoms with E-state index in [-0.39, 0.29) is 11.5 Å². The highest BCUT2D eigenvalue weighted by Gasteiger charge is 2.13. The fraction of sp³-hybridized carbons (Fsp3) is 0.333. The number of nitro groups is 1. The normalized spacial score (nSPS) is 9.42. The maximum absolute atomic E-state index is 10.4. The maximum Gasteiger partial charge on any atom is 0.329 e. The predicted octanol–water partition coefficient (Wildman–Crippen LogP) is 0.817. The summed E-state index contributed by atoms with van der Waals surface area (Å²) in [5.74, 6) is 0.262. The van der Waals surface area contributed by atoms with Crippen LogP contribution >= 0.6 is 0 Å². The standard InChI is InChI=1S/C6H8N4O2/c1-2-8-6-5(10(11)12)3-7-4-9-6/h3-4H,2H2,1H3,(H,7,8,9). The van der Waals surface area contributed by atoms with Gasteiger partial charge in [-0.15, -0.1) is 0 Å². The molecule has 0 bridgehead atoms. The first kappa shape index (κ1) is 8.38. The fourth-order valence-electron chi connectivity index (χ4n) is 0.760. The van der Waals surface area contributed by atoms with Crippen LogP contribution in [0.4, 0.5) is 11.5 Å². The Labute approximate surface area is 68.8 Å². The summed E-state index contributed by atoms with van der Waals surface area (Å²) in [5.41, 5.74) is -0.0978. The van der Waals surface area contributed by atoms with Gasteiger partial charge in [-0.1, -0.05) is 0 Å². The number of anilines is 1. The molecule has 64 valence electrons. The van der Waals surface area contributed by atoms with E-state index in [1.807, 2.05) is 6.92 Å². The third kappa shape index (κ3) is 1.66. The largest absolute Gasteiger partial charge is 0.365 e. The Morgan fingerprint density at radius 1 is 1.75 bits per heavy atom. The van der Waals surface area contributed by atoms with Gasteiger partial charge in [-0.3, -0.25) is 10.1 Å². The lowest BCUT2D eigenvalue weighted by Crippen LogP contribution is -2.03. The number of hydrogen-bond acceptors (Lipinski definition) is 5. The second kappa shape index (κ2) is 3.61. The van der Waals surface area contributed by atoms with Crippen molar-refractivity contribution in [2.24, 2.45) is 0 Å². The third-order valence-corrected chi connectivity index (χ3v) is 1.23. The van der Waals surface area contributed by atoms with Gasteiger partial charge >= 0.3 is 5.69 Å². The first-order chi connectivity index (χ1) is 5.75. The molecule has 1 aromatic rings. The Morgan fingerprint density at radius 2 is 2.50 bits per heavy atom. The van der Waals surface area contributed by atoms with Gasteiger partial charge in [0.2, 0.25) is 5.82 Å². The number of rotatable bonds is 3. The zero-order chi connectivity index (χ0) is 8.97. The van der Waals surface area contributed by atoms with Crippen LogP contribution < -0.4 is 5.32 Å². The molecule has 1 rings (SSSR count). The number of nitrogens with one attached hydrogen (secondary N) is 1. The summed E-state index contributed by atoms with van der Waals surface area (Å²) in [5, 5.41) is 13.1. The zero-order valence-corrected chi connectivity index (χ0v) is 6.52. The number of hydrogen-bond donors (Lipinski definition) is 1. The molecule has 1 aromatic heterocycles. The highest BCUT2D eigenvalue weighted by molar-refractivity contribution is 5.53. The first-order valence-electron chi connectivity index (χ1n) is 3.44. The van der Waals surface area contributed by atoms with Crippen molar-refractivity contribution in [3.8, 4) is 0 Å². The van der Waals surface area contributed by atoms with E-state index in [9.17, 15) is 10.1 Å². The van der Waals surface area contributed by atoms with Crippen LogP contribution in [0.3, 0.4) is 0 Å². The zero-order valence-electron chi connectivity index (χ0n) is 6.52. The Morgan fingerprint density at radius 3 is 3.08 bits per heavy atom. The van der Waals surface area contributed by atoms with Gasteiger partial charge in [-0.05, 0) is 6.92 Å². The molecular formula is C6H8N4O2. The molecule has 0 saturated carbocycles. The van der Waals surface area contributed by atoms with Crippen molar-refractivity contribution in [1.82, 2.24) is 9.97 Å². The monoisotopic (exact) mass is 168 g/mol. The van der Waals surface area contributed by atoms with E-state index in [1.165, 1.54) is 12.5 Å². The van der Waals surface area contributed by atoms with Crippen molar-refractivity contribution in [2.45, 2.75) is 6.92 Å². The van der Waals surface area contributed by atoms with E-state index in [0.29, 0.717) is 6.54 Å². The maximum atomic E-state index is 10.4. The Hall–Kier alpha value is -1.72. The molecule has 0 aliphatic heterocycles. The van der Waals surface area contributed by atoms with E-state index < -0.39 is 4.92 Å². The minimum Gasteiger partial charge on any atom is -0.365 e. The second-order valence-corrected chi connectivity index (χ2v) is 2.04. The van der Waals surface area contributed by atoms with Crippen LogP contribution in [0.2, 0.25) is 0 Å². The fourth-order valence-corrected chi connectivity index (χ4v) is 0.760. The molecule has 1 N–H and O–H groups in total. The van der Waals surface area contributed by atoms with Crippen LogP contribution in [0.25, 0.3) is 0 Å². The van der Waals surface area contributed by atoms with Gasteiger partial charge in [0.25, 0.3) is 0 Å². The summed E-state index contributed by atoms with van der Waals surface area (Å²) in [6.07, 6.45) is 2.44. The Balaban J connectivity index is 3.00. The molecule has 0 fully saturated rings. The van der Waals surface area contributed by atoms with Crippen molar-refractivity contribution in [3.63, 3.8) is 0 Å². The van der Waals surface area contributed by atoms with Crippen LogP contribution in [-0.4, -0.2) is 21.4 Å². The molecular weight excluding hydrogens is 160 g/mol. The summed E-state index contributed by atoms with van der Waals surface area (Å²) in [6, 6.07) is 0. The van der Waals surface area contributed by atoms with Crippen molar-refractivity contribution >= 4 is 11.5 Å². The van der Waals surface area contributed by atoms with Crippen molar-refractivity contribution in [2.75, 3.05) is 11.9 Å². The van der Waals surface area contributed by atoms with Crippen LogP contribution in [0, 0.1) is 10.1 Å². The van der Waals surface area contributed by atoms with Gasteiger partial charge in [0.1, 0.15) is 12.5 Å². The number of aromatic nitrogens is 2. The van der Waals surface area contributed by atoms with Crippen LogP contribution in [0.1, 0.15) is 6.92 Å². The van der Waals surface area contributed by atoms with Crippen molar-refractivity contribution < 1.29 is 4.92 Å². The lowest BCUT2D eigenvalue weighted by Gasteiger charge is -2.00. The third-order valence-electron chi connectivity index (χ3n) is 1.23. The molecule has 6 nitrogen and oxygen atoms in total. The highest BCUT2D eigenvalue weighted by atomic mass is 16.6. The van der Waals surface area contributed by atoms with Gasteiger partial charge < -0.3 is 5.32 Å². The molecule has 0 atom stereocenters.